The monoisotopic (exact) mass is 583 g/mol. The van der Waals surface area contributed by atoms with Crippen molar-refractivity contribution in [3.05, 3.63) is 100 Å². The first-order valence-corrected chi connectivity index (χ1v) is 15.6. The molecule has 0 heterocycles. The molecule has 0 saturated carbocycles. The highest BCUT2D eigenvalue weighted by atomic mass is 35.5. The molecule has 0 aliphatic carbocycles. The quantitative estimate of drug-likeness (QED) is 0.277. The number of aryl methyl sites for hydroxylation is 2. The number of sulfonamides is 1. The number of anilines is 1. The van der Waals surface area contributed by atoms with Gasteiger partial charge in [0.05, 0.1) is 11.9 Å². The standard InChI is InChI=1S/C31H38ClN3O4S/c1-5-6-18-33-31(37)29(19-25-10-8-7-9-11-25)34(21-26-15-12-23(2)13-16-26)30(36)22-35(40(4,38)39)28-20-27(32)17-14-24(28)3/h7-17,20,29H,5-6,18-19,21-22H2,1-4H3,(H,33,37)/t29-/m0/s1. The van der Waals surface area contributed by atoms with Crippen LogP contribution in [0.3, 0.4) is 0 Å². The zero-order valence-electron chi connectivity index (χ0n) is 23.6. The molecule has 0 unspecified atom stereocenters. The van der Waals surface area contributed by atoms with Crippen molar-refractivity contribution in [3.63, 3.8) is 0 Å². The summed E-state index contributed by atoms with van der Waals surface area (Å²) in [5.41, 5.74) is 3.78. The van der Waals surface area contributed by atoms with Crippen LogP contribution in [0.2, 0.25) is 5.02 Å². The Morgan fingerprint density at radius 1 is 0.950 bits per heavy atom. The fourth-order valence-corrected chi connectivity index (χ4v) is 5.46. The van der Waals surface area contributed by atoms with Gasteiger partial charge in [-0.2, -0.15) is 0 Å². The van der Waals surface area contributed by atoms with Gasteiger partial charge in [-0.1, -0.05) is 91.2 Å². The van der Waals surface area contributed by atoms with Gasteiger partial charge in [0.1, 0.15) is 12.6 Å². The van der Waals surface area contributed by atoms with E-state index in [1.807, 2.05) is 68.4 Å². The lowest BCUT2D eigenvalue weighted by atomic mass is 10.0. The zero-order valence-corrected chi connectivity index (χ0v) is 25.1. The van der Waals surface area contributed by atoms with Crippen molar-refractivity contribution in [1.29, 1.82) is 0 Å². The molecule has 40 heavy (non-hydrogen) atoms. The van der Waals surface area contributed by atoms with Crippen molar-refractivity contribution in [1.82, 2.24) is 10.2 Å². The number of carbonyl (C=O) groups excluding carboxylic acids is 2. The molecule has 0 radical (unpaired) electrons. The summed E-state index contributed by atoms with van der Waals surface area (Å²) in [6.45, 7) is 5.94. The average molecular weight is 584 g/mol. The SMILES string of the molecule is CCCCNC(=O)[C@H](Cc1ccccc1)N(Cc1ccc(C)cc1)C(=O)CN(c1cc(Cl)ccc1C)S(C)(=O)=O. The van der Waals surface area contributed by atoms with Crippen molar-refractivity contribution in [2.75, 3.05) is 23.7 Å². The first kappa shape index (κ1) is 31.2. The van der Waals surface area contributed by atoms with Crippen LogP contribution in [0.1, 0.15) is 42.0 Å². The smallest absolute Gasteiger partial charge is 0.244 e. The number of amides is 2. The van der Waals surface area contributed by atoms with E-state index < -0.39 is 28.5 Å². The number of rotatable bonds is 13. The largest absolute Gasteiger partial charge is 0.354 e. The molecule has 0 spiro atoms. The summed E-state index contributed by atoms with van der Waals surface area (Å²) in [5, 5.41) is 3.34. The van der Waals surface area contributed by atoms with E-state index in [0.717, 1.165) is 40.1 Å². The van der Waals surface area contributed by atoms with E-state index in [-0.39, 0.29) is 18.9 Å². The third-order valence-corrected chi connectivity index (χ3v) is 8.05. The molecular formula is C31H38ClN3O4S. The Morgan fingerprint density at radius 2 is 1.62 bits per heavy atom. The number of unbranched alkanes of at least 4 members (excludes halogenated alkanes) is 1. The zero-order chi connectivity index (χ0) is 29.3. The van der Waals surface area contributed by atoms with Gasteiger partial charge in [0.25, 0.3) is 0 Å². The van der Waals surface area contributed by atoms with Crippen LogP contribution in [0.5, 0.6) is 0 Å². The van der Waals surface area contributed by atoms with Crippen LogP contribution >= 0.6 is 11.6 Å². The van der Waals surface area contributed by atoms with Crippen molar-refractivity contribution in [3.8, 4) is 0 Å². The molecule has 0 aliphatic rings. The summed E-state index contributed by atoms with van der Waals surface area (Å²) >= 11 is 6.20. The maximum atomic E-state index is 14.1. The van der Waals surface area contributed by atoms with E-state index in [1.54, 1.807) is 19.1 Å². The molecule has 7 nitrogen and oxygen atoms in total. The van der Waals surface area contributed by atoms with Gasteiger partial charge < -0.3 is 10.2 Å². The Hall–Kier alpha value is -3.36. The Balaban J connectivity index is 2.05. The van der Waals surface area contributed by atoms with Crippen molar-refractivity contribution < 1.29 is 18.0 Å². The highest BCUT2D eigenvalue weighted by Gasteiger charge is 2.33. The first-order valence-electron chi connectivity index (χ1n) is 13.4. The summed E-state index contributed by atoms with van der Waals surface area (Å²) in [6, 6.07) is 21.3. The van der Waals surface area contributed by atoms with E-state index >= 15 is 0 Å². The van der Waals surface area contributed by atoms with E-state index in [1.165, 1.54) is 11.0 Å². The van der Waals surface area contributed by atoms with Crippen LogP contribution in [0, 0.1) is 13.8 Å². The molecule has 3 rings (SSSR count). The molecule has 2 amide bonds. The molecular weight excluding hydrogens is 546 g/mol. The normalized spacial score (nSPS) is 12.0. The van der Waals surface area contributed by atoms with Gasteiger partial charge >= 0.3 is 0 Å². The first-order chi connectivity index (χ1) is 19.0. The minimum Gasteiger partial charge on any atom is -0.354 e. The molecule has 0 aliphatic heterocycles. The molecule has 1 atom stereocenters. The number of benzene rings is 3. The fourth-order valence-electron chi connectivity index (χ4n) is 4.40. The lowest BCUT2D eigenvalue weighted by Gasteiger charge is -2.34. The summed E-state index contributed by atoms with van der Waals surface area (Å²) in [6.07, 6.45) is 3.07. The summed E-state index contributed by atoms with van der Waals surface area (Å²) in [7, 11) is -3.86. The molecule has 3 aromatic rings. The van der Waals surface area contributed by atoms with Crippen LogP contribution in [0.25, 0.3) is 0 Å². The summed E-state index contributed by atoms with van der Waals surface area (Å²) in [5.74, 6) is -0.764. The second kappa shape index (κ2) is 14.3. The summed E-state index contributed by atoms with van der Waals surface area (Å²) in [4.78, 5) is 29.2. The highest BCUT2D eigenvalue weighted by molar-refractivity contribution is 7.92. The number of hydrogen-bond acceptors (Lipinski definition) is 4. The maximum Gasteiger partial charge on any atom is 0.244 e. The maximum absolute atomic E-state index is 14.1. The van der Waals surface area contributed by atoms with Gasteiger partial charge in [-0.3, -0.25) is 13.9 Å². The predicted octanol–water partition coefficient (Wildman–Crippen LogP) is 5.28. The molecule has 0 bridgehead atoms. The van der Waals surface area contributed by atoms with E-state index in [2.05, 4.69) is 5.32 Å². The molecule has 214 valence electrons. The number of carbonyl (C=O) groups is 2. The van der Waals surface area contributed by atoms with Crippen LogP contribution in [0.15, 0.2) is 72.8 Å². The lowest BCUT2D eigenvalue weighted by molar-refractivity contribution is -0.140. The molecule has 0 aromatic heterocycles. The number of hydrogen-bond donors (Lipinski definition) is 1. The van der Waals surface area contributed by atoms with Gasteiger partial charge in [0, 0.05) is 24.5 Å². The van der Waals surface area contributed by atoms with Crippen LogP contribution in [0.4, 0.5) is 5.69 Å². The molecule has 1 N–H and O–H groups in total. The van der Waals surface area contributed by atoms with Gasteiger partial charge in [-0.15, -0.1) is 0 Å². The predicted molar refractivity (Wildman–Crippen MR) is 162 cm³/mol. The fraction of sp³-hybridized carbons (Fsp3) is 0.355. The molecule has 0 fully saturated rings. The number of nitrogens with zero attached hydrogens (tertiary/aromatic N) is 2. The Morgan fingerprint density at radius 3 is 2.25 bits per heavy atom. The van der Waals surface area contributed by atoms with Gasteiger partial charge in [-0.05, 0) is 49.1 Å². The van der Waals surface area contributed by atoms with E-state index in [9.17, 15) is 18.0 Å². The highest BCUT2D eigenvalue weighted by Crippen LogP contribution is 2.27. The topological polar surface area (TPSA) is 86.8 Å². The van der Waals surface area contributed by atoms with E-state index in [0.29, 0.717) is 22.8 Å². The lowest BCUT2D eigenvalue weighted by Crippen LogP contribution is -2.53. The molecule has 9 heteroatoms. The second-order valence-corrected chi connectivity index (χ2v) is 12.4. The van der Waals surface area contributed by atoms with Crippen LogP contribution in [-0.4, -0.2) is 50.5 Å². The third-order valence-electron chi connectivity index (χ3n) is 6.69. The molecule has 3 aromatic carbocycles. The Labute approximate surface area is 243 Å². The minimum absolute atomic E-state index is 0.143. The summed E-state index contributed by atoms with van der Waals surface area (Å²) < 4.78 is 27.0. The minimum atomic E-state index is -3.86. The van der Waals surface area contributed by atoms with Crippen LogP contribution in [-0.2, 0) is 32.6 Å². The third kappa shape index (κ3) is 8.83. The van der Waals surface area contributed by atoms with Crippen molar-refractivity contribution >= 4 is 39.1 Å². The molecule has 0 saturated heterocycles. The second-order valence-electron chi connectivity index (χ2n) is 10.1. The van der Waals surface area contributed by atoms with Gasteiger partial charge in [0.2, 0.25) is 21.8 Å². The van der Waals surface area contributed by atoms with Crippen molar-refractivity contribution in [2.45, 2.75) is 52.6 Å². The Kier molecular flexibility index (Phi) is 11.2. The number of nitrogens with one attached hydrogen (secondary N) is 1. The van der Waals surface area contributed by atoms with E-state index in [4.69, 9.17) is 11.6 Å². The van der Waals surface area contributed by atoms with Gasteiger partial charge in [-0.25, -0.2) is 8.42 Å². The van der Waals surface area contributed by atoms with Crippen molar-refractivity contribution in [2.24, 2.45) is 0 Å². The Bertz CT molecular complexity index is 1400. The van der Waals surface area contributed by atoms with Gasteiger partial charge in [0.15, 0.2) is 0 Å². The van der Waals surface area contributed by atoms with Crippen LogP contribution < -0.4 is 9.62 Å². The average Bonchev–Trinajstić information content (AvgIpc) is 2.91. The number of halogens is 1.